The molecule has 0 saturated heterocycles. The van der Waals surface area contributed by atoms with Crippen LogP contribution in [-0.2, 0) is 11.3 Å². The molecule has 0 aliphatic heterocycles. The lowest BCUT2D eigenvalue weighted by Crippen LogP contribution is -2.45. The van der Waals surface area contributed by atoms with Crippen LogP contribution in [0.4, 0.5) is 0 Å². The van der Waals surface area contributed by atoms with Crippen molar-refractivity contribution in [2.45, 2.75) is 45.7 Å². The SMILES string of the molecule is Cc1ccc(CNC(=O)C2C3CCC(C3)C2N)c(C)c1.Cl. The summed E-state index contributed by atoms with van der Waals surface area (Å²) >= 11 is 0. The van der Waals surface area contributed by atoms with E-state index in [1.165, 1.54) is 29.5 Å². The Bertz CT molecular complexity index is 530. The van der Waals surface area contributed by atoms with E-state index >= 15 is 0 Å². The van der Waals surface area contributed by atoms with Crippen molar-refractivity contribution in [1.29, 1.82) is 0 Å². The minimum absolute atomic E-state index is 0. The van der Waals surface area contributed by atoms with Gasteiger partial charge in [-0.2, -0.15) is 0 Å². The monoisotopic (exact) mass is 308 g/mol. The smallest absolute Gasteiger partial charge is 0.225 e. The van der Waals surface area contributed by atoms with Gasteiger partial charge in [0.15, 0.2) is 0 Å². The van der Waals surface area contributed by atoms with Gasteiger partial charge in [-0.1, -0.05) is 23.8 Å². The molecule has 2 aliphatic rings. The number of hydrogen-bond donors (Lipinski definition) is 2. The zero-order chi connectivity index (χ0) is 14.3. The number of fused-ring (bicyclic) bond motifs is 2. The summed E-state index contributed by atoms with van der Waals surface area (Å²) < 4.78 is 0. The molecule has 3 rings (SSSR count). The summed E-state index contributed by atoms with van der Waals surface area (Å²) in [7, 11) is 0. The molecule has 21 heavy (non-hydrogen) atoms. The van der Waals surface area contributed by atoms with Crippen molar-refractivity contribution in [3.8, 4) is 0 Å². The van der Waals surface area contributed by atoms with Crippen LogP contribution in [0.2, 0.25) is 0 Å². The van der Waals surface area contributed by atoms with Crippen molar-refractivity contribution >= 4 is 18.3 Å². The van der Waals surface area contributed by atoms with E-state index in [9.17, 15) is 4.79 Å². The maximum absolute atomic E-state index is 12.4. The summed E-state index contributed by atoms with van der Waals surface area (Å²) in [5, 5.41) is 3.10. The number of benzene rings is 1. The quantitative estimate of drug-likeness (QED) is 0.902. The van der Waals surface area contributed by atoms with Gasteiger partial charge in [0.1, 0.15) is 0 Å². The number of rotatable bonds is 3. The average Bonchev–Trinajstić information content (AvgIpc) is 2.98. The molecule has 1 aromatic rings. The van der Waals surface area contributed by atoms with E-state index in [-0.39, 0.29) is 30.3 Å². The third-order valence-electron chi connectivity index (χ3n) is 5.23. The molecule has 2 fully saturated rings. The Labute approximate surface area is 133 Å². The summed E-state index contributed by atoms with van der Waals surface area (Å²) in [5.74, 6) is 1.30. The topological polar surface area (TPSA) is 55.1 Å². The van der Waals surface area contributed by atoms with Crippen LogP contribution in [0, 0.1) is 31.6 Å². The molecule has 1 aromatic carbocycles. The molecule has 4 unspecified atom stereocenters. The molecule has 116 valence electrons. The van der Waals surface area contributed by atoms with Crippen LogP contribution >= 0.6 is 12.4 Å². The second-order valence-electron chi connectivity index (χ2n) is 6.58. The highest BCUT2D eigenvalue weighted by Gasteiger charge is 2.48. The van der Waals surface area contributed by atoms with Crippen molar-refractivity contribution in [2.24, 2.45) is 23.5 Å². The van der Waals surface area contributed by atoms with Gasteiger partial charge < -0.3 is 11.1 Å². The first-order valence-electron chi connectivity index (χ1n) is 7.65. The minimum atomic E-state index is 0. The van der Waals surface area contributed by atoms with Gasteiger partial charge in [-0.15, -0.1) is 12.4 Å². The molecule has 0 heterocycles. The highest BCUT2D eigenvalue weighted by atomic mass is 35.5. The second kappa shape index (κ2) is 6.37. The summed E-state index contributed by atoms with van der Waals surface area (Å²) in [6, 6.07) is 6.43. The number of nitrogens with one attached hydrogen (secondary N) is 1. The third-order valence-corrected chi connectivity index (χ3v) is 5.23. The normalized spacial score (nSPS) is 30.0. The molecule has 4 heteroatoms. The van der Waals surface area contributed by atoms with E-state index in [1.807, 2.05) is 0 Å². The summed E-state index contributed by atoms with van der Waals surface area (Å²) in [6.45, 7) is 4.80. The van der Waals surface area contributed by atoms with Crippen molar-refractivity contribution < 1.29 is 4.79 Å². The van der Waals surface area contributed by atoms with E-state index in [1.54, 1.807) is 0 Å². The third kappa shape index (κ3) is 3.09. The van der Waals surface area contributed by atoms with Crippen LogP contribution in [0.1, 0.15) is 36.0 Å². The summed E-state index contributed by atoms with van der Waals surface area (Å²) in [5.41, 5.74) is 9.91. The lowest BCUT2D eigenvalue weighted by molar-refractivity contribution is -0.127. The molecule has 1 amide bonds. The van der Waals surface area contributed by atoms with Crippen molar-refractivity contribution in [2.75, 3.05) is 0 Å². The Morgan fingerprint density at radius 1 is 1.29 bits per heavy atom. The maximum Gasteiger partial charge on any atom is 0.225 e. The van der Waals surface area contributed by atoms with Gasteiger partial charge in [0.05, 0.1) is 5.92 Å². The Balaban J connectivity index is 0.00000161. The van der Waals surface area contributed by atoms with Gasteiger partial charge in [0, 0.05) is 12.6 Å². The fourth-order valence-corrected chi connectivity index (χ4v) is 4.07. The number of aryl methyl sites for hydroxylation is 2. The zero-order valence-electron chi connectivity index (χ0n) is 12.8. The van der Waals surface area contributed by atoms with Crippen molar-refractivity contribution in [3.05, 3.63) is 34.9 Å². The number of carbonyl (C=O) groups excluding carboxylic acids is 1. The number of carbonyl (C=O) groups is 1. The highest BCUT2D eigenvalue weighted by molar-refractivity contribution is 5.85. The van der Waals surface area contributed by atoms with Crippen molar-refractivity contribution in [3.63, 3.8) is 0 Å². The Kier molecular flexibility index (Phi) is 4.95. The molecule has 2 saturated carbocycles. The fraction of sp³-hybridized carbons (Fsp3) is 0.588. The first-order chi connectivity index (χ1) is 9.56. The van der Waals surface area contributed by atoms with Crippen LogP contribution in [0.5, 0.6) is 0 Å². The highest BCUT2D eigenvalue weighted by Crippen LogP contribution is 2.47. The van der Waals surface area contributed by atoms with Crippen LogP contribution in [0.25, 0.3) is 0 Å². The van der Waals surface area contributed by atoms with E-state index < -0.39 is 0 Å². The molecule has 2 bridgehead atoms. The molecule has 0 spiro atoms. The summed E-state index contributed by atoms with van der Waals surface area (Å²) in [6.07, 6.45) is 3.55. The van der Waals surface area contributed by atoms with Gasteiger partial charge in [0.2, 0.25) is 5.91 Å². The standard InChI is InChI=1S/C17H24N2O.ClH/c1-10-3-4-14(11(2)7-10)9-19-17(20)15-12-5-6-13(8-12)16(15)18;/h3-4,7,12-13,15-16H,5-6,8-9,18H2,1-2H3,(H,19,20);1H. The van der Waals surface area contributed by atoms with Gasteiger partial charge in [0.25, 0.3) is 0 Å². The van der Waals surface area contributed by atoms with Crippen molar-refractivity contribution in [1.82, 2.24) is 5.32 Å². The van der Waals surface area contributed by atoms with Gasteiger partial charge >= 0.3 is 0 Å². The molecular weight excluding hydrogens is 284 g/mol. The van der Waals surface area contributed by atoms with E-state index in [2.05, 4.69) is 37.4 Å². The Hall–Kier alpha value is -1.06. The summed E-state index contributed by atoms with van der Waals surface area (Å²) in [4.78, 5) is 12.4. The number of nitrogens with two attached hydrogens (primary N) is 1. The Morgan fingerprint density at radius 2 is 2.00 bits per heavy atom. The van der Waals surface area contributed by atoms with Crippen LogP contribution in [0.15, 0.2) is 18.2 Å². The largest absolute Gasteiger partial charge is 0.352 e. The van der Waals surface area contributed by atoms with E-state index in [4.69, 9.17) is 5.73 Å². The molecule has 3 N–H and O–H groups in total. The van der Waals surface area contributed by atoms with Gasteiger partial charge in [-0.3, -0.25) is 4.79 Å². The van der Waals surface area contributed by atoms with Gasteiger partial charge in [-0.25, -0.2) is 0 Å². The minimum Gasteiger partial charge on any atom is -0.352 e. The van der Waals surface area contributed by atoms with Crippen LogP contribution in [0.3, 0.4) is 0 Å². The molecule has 0 radical (unpaired) electrons. The zero-order valence-corrected chi connectivity index (χ0v) is 13.6. The average molecular weight is 309 g/mol. The van der Waals surface area contributed by atoms with Gasteiger partial charge in [-0.05, 0) is 56.1 Å². The molecule has 2 aliphatic carbocycles. The molecule has 4 atom stereocenters. The molecular formula is C17H25ClN2O. The number of amides is 1. The Morgan fingerprint density at radius 3 is 2.62 bits per heavy atom. The van der Waals surface area contributed by atoms with Crippen LogP contribution in [-0.4, -0.2) is 11.9 Å². The maximum atomic E-state index is 12.4. The second-order valence-corrected chi connectivity index (χ2v) is 6.58. The van der Waals surface area contributed by atoms with Crippen LogP contribution < -0.4 is 11.1 Å². The molecule has 3 nitrogen and oxygen atoms in total. The first kappa shape index (κ1) is 16.3. The number of halogens is 1. The predicted molar refractivity (Wildman–Crippen MR) is 87.3 cm³/mol. The van der Waals surface area contributed by atoms with E-state index in [0.717, 1.165) is 6.42 Å². The fourth-order valence-electron chi connectivity index (χ4n) is 4.07. The van der Waals surface area contributed by atoms with E-state index in [0.29, 0.717) is 18.4 Å². The molecule has 0 aromatic heterocycles. The first-order valence-corrected chi connectivity index (χ1v) is 7.65. The predicted octanol–water partition coefficient (Wildman–Crippen LogP) is 2.71. The lowest BCUT2D eigenvalue weighted by atomic mass is 9.84. The lowest BCUT2D eigenvalue weighted by Gasteiger charge is -2.27. The number of hydrogen-bond acceptors (Lipinski definition) is 2.